The molecule has 114 valence electrons. The van der Waals surface area contributed by atoms with Gasteiger partial charge < -0.3 is 15.4 Å². The number of hydrogen-bond donors (Lipinski definition) is 2. The lowest BCUT2D eigenvalue weighted by molar-refractivity contribution is -0.148. The lowest BCUT2D eigenvalue weighted by atomic mass is 10.2. The van der Waals surface area contributed by atoms with Gasteiger partial charge in [-0.05, 0) is 31.2 Å². The normalized spacial score (nSPS) is 10.6. The molecule has 0 amide bonds. The summed E-state index contributed by atoms with van der Waals surface area (Å²) in [5, 5.41) is 6.39. The Bertz CT molecular complexity index is 597. The summed E-state index contributed by atoms with van der Waals surface area (Å²) in [6.45, 7) is 7.00. The van der Waals surface area contributed by atoms with Gasteiger partial charge in [-0.25, -0.2) is 4.79 Å². The predicted molar refractivity (Wildman–Crippen MR) is 89.4 cm³/mol. The van der Waals surface area contributed by atoms with Crippen molar-refractivity contribution in [2.24, 2.45) is 0 Å². The number of anilines is 2. The molecule has 0 aliphatic rings. The van der Waals surface area contributed by atoms with Crippen molar-refractivity contribution < 1.29 is 9.53 Å². The maximum atomic E-state index is 11.9. The van der Waals surface area contributed by atoms with Gasteiger partial charge in [-0.15, -0.1) is 0 Å². The molecule has 4 heteroatoms. The Morgan fingerprint density at radius 1 is 0.955 bits per heavy atom. The smallest absolute Gasteiger partial charge is 0.336 e. The number of rotatable bonds is 6. The van der Waals surface area contributed by atoms with Crippen LogP contribution in [0.5, 0.6) is 0 Å². The monoisotopic (exact) mass is 296 g/mol. The third-order valence-corrected chi connectivity index (χ3v) is 2.96. The molecule has 2 rings (SSSR count). The van der Waals surface area contributed by atoms with Gasteiger partial charge in [0.25, 0.3) is 5.85 Å². The van der Waals surface area contributed by atoms with Gasteiger partial charge in [0.15, 0.2) is 0 Å². The molecular formula is C18H20N2O2. The molecule has 2 aromatic rings. The van der Waals surface area contributed by atoms with Gasteiger partial charge in [-0.2, -0.15) is 0 Å². The standard InChI is InChI=1S/C18H20N2O2/c1-14(2)17(21)22-18(3,19-15-10-6-4-7-11-15)20-16-12-8-5-9-13-16/h4-13,19-20H,1H2,2-3H3. The average Bonchev–Trinajstić information content (AvgIpc) is 2.48. The van der Waals surface area contributed by atoms with Crippen LogP contribution in [0.2, 0.25) is 0 Å². The summed E-state index contributed by atoms with van der Waals surface area (Å²) in [7, 11) is 0. The summed E-state index contributed by atoms with van der Waals surface area (Å²) in [5.41, 5.74) is 2.02. The fourth-order valence-corrected chi connectivity index (χ4v) is 1.95. The minimum atomic E-state index is -1.10. The summed E-state index contributed by atoms with van der Waals surface area (Å²) in [4.78, 5) is 11.9. The number of benzene rings is 2. The molecule has 4 nitrogen and oxygen atoms in total. The fraction of sp³-hybridized carbons (Fsp3) is 0.167. The van der Waals surface area contributed by atoms with E-state index in [9.17, 15) is 4.79 Å². The van der Waals surface area contributed by atoms with Crippen molar-refractivity contribution in [3.8, 4) is 0 Å². The Hall–Kier alpha value is -2.75. The van der Waals surface area contributed by atoms with Crippen LogP contribution < -0.4 is 10.6 Å². The fourth-order valence-electron chi connectivity index (χ4n) is 1.95. The van der Waals surface area contributed by atoms with E-state index in [4.69, 9.17) is 4.74 Å². The second-order valence-electron chi connectivity index (χ2n) is 5.19. The van der Waals surface area contributed by atoms with Gasteiger partial charge in [0.05, 0.1) is 0 Å². The molecule has 0 unspecified atom stereocenters. The Kier molecular flexibility index (Phi) is 4.84. The van der Waals surface area contributed by atoms with Crippen molar-refractivity contribution in [2.45, 2.75) is 19.7 Å². The van der Waals surface area contributed by atoms with Crippen LogP contribution in [0.1, 0.15) is 13.8 Å². The number of carbonyl (C=O) groups excluding carboxylic acids is 1. The van der Waals surface area contributed by atoms with Crippen molar-refractivity contribution in [1.29, 1.82) is 0 Å². The molecule has 0 saturated heterocycles. The number of para-hydroxylation sites is 2. The molecule has 0 atom stereocenters. The second kappa shape index (κ2) is 6.80. The highest BCUT2D eigenvalue weighted by molar-refractivity contribution is 5.87. The number of hydrogen-bond acceptors (Lipinski definition) is 4. The zero-order valence-corrected chi connectivity index (χ0v) is 12.8. The van der Waals surface area contributed by atoms with Crippen molar-refractivity contribution in [1.82, 2.24) is 0 Å². The quantitative estimate of drug-likeness (QED) is 0.480. The minimum Gasteiger partial charge on any atom is -0.417 e. The van der Waals surface area contributed by atoms with Crippen LogP contribution >= 0.6 is 0 Å². The Morgan fingerprint density at radius 3 is 1.73 bits per heavy atom. The van der Waals surface area contributed by atoms with E-state index in [0.717, 1.165) is 11.4 Å². The van der Waals surface area contributed by atoms with E-state index < -0.39 is 11.8 Å². The molecule has 0 aromatic heterocycles. The average molecular weight is 296 g/mol. The van der Waals surface area contributed by atoms with Gasteiger partial charge in [0.1, 0.15) is 0 Å². The van der Waals surface area contributed by atoms with Crippen LogP contribution in [-0.2, 0) is 9.53 Å². The molecule has 0 aliphatic carbocycles. The lowest BCUT2D eigenvalue weighted by Gasteiger charge is -2.33. The van der Waals surface area contributed by atoms with E-state index in [0.29, 0.717) is 5.57 Å². The van der Waals surface area contributed by atoms with Crippen LogP contribution in [0.15, 0.2) is 72.8 Å². The highest BCUT2D eigenvalue weighted by Crippen LogP contribution is 2.21. The molecule has 0 heterocycles. The van der Waals surface area contributed by atoms with E-state index in [-0.39, 0.29) is 0 Å². The first kappa shape index (κ1) is 15.6. The first-order chi connectivity index (χ1) is 10.5. The SMILES string of the molecule is C=C(C)C(=O)OC(C)(Nc1ccccc1)Nc1ccccc1. The highest BCUT2D eigenvalue weighted by Gasteiger charge is 2.29. The van der Waals surface area contributed by atoms with Gasteiger partial charge in [-0.1, -0.05) is 43.0 Å². The molecule has 0 aliphatic heterocycles. The van der Waals surface area contributed by atoms with E-state index in [1.54, 1.807) is 13.8 Å². The van der Waals surface area contributed by atoms with Crippen LogP contribution in [-0.4, -0.2) is 11.8 Å². The lowest BCUT2D eigenvalue weighted by Crippen LogP contribution is -2.47. The maximum absolute atomic E-state index is 11.9. The summed E-state index contributed by atoms with van der Waals surface area (Å²) in [6, 6.07) is 19.1. The summed E-state index contributed by atoms with van der Waals surface area (Å²) >= 11 is 0. The highest BCUT2D eigenvalue weighted by atomic mass is 16.6. The number of nitrogens with one attached hydrogen (secondary N) is 2. The van der Waals surface area contributed by atoms with Crippen molar-refractivity contribution in [3.63, 3.8) is 0 Å². The summed E-state index contributed by atoms with van der Waals surface area (Å²) in [6.07, 6.45) is 0. The minimum absolute atomic E-state index is 0.343. The van der Waals surface area contributed by atoms with Crippen molar-refractivity contribution >= 4 is 17.3 Å². The molecular weight excluding hydrogens is 276 g/mol. The van der Waals surface area contributed by atoms with Gasteiger partial charge in [-0.3, -0.25) is 0 Å². The third kappa shape index (κ3) is 4.38. The van der Waals surface area contributed by atoms with Crippen LogP contribution in [0, 0.1) is 0 Å². The molecule has 0 bridgehead atoms. The Morgan fingerprint density at radius 2 is 1.36 bits per heavy atom. The number of esters is 1. The number of ether oxygens (including phenoxy) is 1. The van der Waals surface area contributed by atoms with Gasteiger partial charge in [0.2, 0.25) is 0 Å². The number of carbonyl (C=O) groups is 1. The molecule has 0 fully saturated rings. The van der Waals surface area contributed by atoms with E-state index in [1.807, 2.05) is 60.7 Å². The summed E-state index contributed by atoms with van der Waals surface area (Å²) < 4.78 is 5.55. The molecule has 0 saturated carbocycles. The first-order valence-electron chi connectivity index (χ1n) is 7.04. The van der Waals surface area contributed by atoms with Crippen LogP contribution in [0.25, 0.3) is 0 Å². The predicted octanol–water partition coefficient (Wildman–Crippen LogP) is 4.00. The molecule has 2 aromatic carbocycles. The molecule has 2 N–H and O–H groups in total. The third-order valence-electron chi connectivity index (χ3n) is 2.96. The largest absolute Gasteiger partial charge is 0.417 e. The van der Waals surface area contributed by atoms with Crippen molar-refractivity contribution in [3.05, 3.63) is 72.8 Å². The van der Waals surface area contributed by atoms with Crippen LogP contribution in [0.4, 0.5) is 11.4 Å². The van der Waals surface area contributed by atoms with E-state index >= 15 is 0 Å². The zero-order valence-electron chi connectivity index (χ0n) is 12.8. The summed E-state index contributed by atoms with van der Waals surface area (Å²) in [5.74, 6) is -1.56. The van der Waals surface area contributed by atoms with Gasteiger partial charge >= 0.3 is 5.97 Å². The first-order valence-corrected chi connectivity index (χ1v) is 7.04. The Balaban J connectivity index is 2.23. The topological polar surface area (TPSA) is 50.4 Å². The van der Waals surface area contributed by atoms with Crippen molar-refractivity contribution in [2.75, 3.05) is 10.6 Å². The molecule has 22 heavy (non-hydrogen) atoms. The van der Waals surface area contributed by atoms with E-state index in [2.05, 4.69) is 17.2 Å². The second-order valence-corrected chi connectivity index (χ2v) is 5.19. The Labute approximate surface area is 130 Å². The maximum Gasteiger partial charge on any atom is 0.336 e. The van der Waals surface area contributed by atoms with Crippen LogP contribution in [0.3, 0.4) is 0 Å². The van der Waals surface area contributed by atoms with E-state index in [1.165, 1.54) is 0 Å². The molecule has 0 radical (unpaired) electrons. The zero-order chi connectivity index (χ0) is 16.0. The molecule has 0 spiro atoms. The van der Waals surface area contributed by atoms with Gasteiger partial charge in [0, 0.05) is 23.9 Å².